The highest BCUT2D eigenvalue weighted by Gasteiger charge is 2.24. The van der Waals surface area contributed by atoms with Crippen LogP contribution in [-0.4, -0.2) is 17.1 Å². The Morgan fingerprint density at radius 1 is 1.35 bits per heavy atom. The van der Waals surface area contributed by atoms with E-state index in [0.29, 0.717) is 6.42 Å². The molecule has 1 aromatic rings. The van der Waals surface area contributed by atoms with Crippen molar-refractivity contribution in [2.75, 3.05) is 0 Å². The van der Waals surface area contributed by atoms with Crippen molar-refractivity contribution in [2.24, 2.45) is 11.7 Å². The van der Waals surface area contributed by atoms with E-state index in [2.05, 4.69) is 0 Å². The van der Waals surface area contributed by atoms with Gasteiger partial charge in [0.2, 0.25) is 0 Å². The van der Waals surface area contributed by atoms with Crippen LogP contribution < -0.4 is 5.73 Å². The summed E-state index contributed by atoms with van der Waals surface area (Å²) in [6.07, 6.45) is 3.43. The van der Waals surface area contributed by atoms with Gasteiger partial charge in [0.15, 0.2) is 0 Å². The van der Waals surface area contributed by atoms with Crippen molar-refractivity contribution in [3.05, 3.63) is 23.7 Å². The third-order valence-corrected chi connectivity index (χ3v) is 2.94. The predicted octanol–water partition coefficient (Wildman–Crippen LogP) is 2.48. The molecule has 17 heavy (non-hydrogen) atoms. The lowest BCUT2D eigenvalue weighted by Crippen LogP contribution is -2.31. The molecule has 1 aliphatic rings. The molecule has 0 aromatic carbocycles. The summed E-state index contributed by atoms with van der Waals surface area (Å²) >= 11 is 0. The number of carbonyl (C=O) groups is 1. The zero-order valence-electron chi connectivity index (χ0n) is 10.5. The minimum absolute atomic E-state index is 0.120. The lowest BCUT2D eigenvalue weighted by Gasteiger charge is -2.22. The van der Waals surface area contributed by atoms with Crippen molar-refractivity contribution in [2.45, 2.75) is 45.6 Å². The van der Waals surface area contributed by atoms with E-state index in [-0.39, 0.29) is 12.0 Å². The summed E-state index contributed by atoms with van der Waals surface area (Å²) < 4.78 is 5.08. The molecule has 1 heterocycles. The number of aliphatic carboxylic acids is 1. The van der Waals surface area contributed by atoms with Crippen LogP contribution >= 0.6 is 0 Å². The van der Waals surface area contributed by atoms with Gasteiger partial charge in [-0.25, -0.2) is 0 Å². The van der Waals surface area contributed by atoms with Crippen LogP contribution in [0.5, 0.6) is 0 Å². The molecule has 2 atom stereocenters. The van der Waals surface area contributed by atoms with Gasteiger partial charge in [-0.1, -0.05) is 6.42 Å². The molecule has 0 bridgehead atoms. The number of rotatable bonds is 1. The van der Waals surface area contributed by atoms with Gasteiger partial charge in [0.25, 0.3) is 0 Å². The Bertz CT molecular complexity index is 343. The van der Waals surface area contributed by atoms with Crippen LogP contribution in [0.25, 0.3) is 0 Å². The zero-order chi connectivity index (χ0) is 12.8. The number of furan rings is 1. The van der Waals surface area contributed by atoms with Gasteiger partial charge < -0.3 is 15.3 Å². The van der Waals surface area contributed by atoms with E-state index < -0.39 is 5.97 Å². The van der Waals surface area contributed by atoms with Gasteiger partial charge in [-0.15, -0.1) is 0 Å². The number of hydrogen-bond donors (Lipinski definition) is 2. The molecular weight excluding hydrogens is 218 g/mol. The average molecular weight is 239 g/mol. The van der Waals surface area contributed by atoms with Crippen molar-refractivity contribution >= 4 is 5.97 Å². The first-order valence-electron chi connectivity index (χ1n) is 6.00. The van der Waals surface area contributed by atoms with Crippen molar-refractivity contribution in [3.63, 3.8) is 0 Å². The second kappa shape index (κ2) is 6.45. The lowest BCUT2D eigenvalue weighted by atomic mass is 9.86. The maximum atomic E-state index is 10.4. The molecule has 2 rings (SSSR count). The molecule has 3 N–H and O–H groups in total. The fourth-order valence-electron chi connectivity index (χ4n) is 2.01. The van der Waals surface area contributed by atoms with Gasteiger partial charge in [0.1, 0.15) is 11.5 Å². The SMILES string of the molecule is Cc1ccc(C)o1.NC1CCCC(C(=O)O)C1. The molecule has 0 aliphatic heterocycles. The number of nitrogens with two attached hydrogens (primary N) is 1. The third-order valence-electron chi connectivity index (χ3n) is 2.94. The quantitative estimate of drug-likeness (QED) is 0.789. The molecule has 0 amide bonds. The van der Waals surface area contributed by atoms with E-state index in [1.54, 1.807) is 0 Å². The standard InChI is InChI=1S/C7H13NO2.C6H8O/c8-6-3-1-2-5(4-6)7(9)10;1-5-3-4-6(2)7-5/h5-6H,1-4,8H2,(H,9,10);3-4H,1-2H3. The zero-order valence-corrected chi connectivity index (χ0v) is 10.5. The van der Waals surface area contributed by atoms with Crippen LogP contribution in [-0.2, 0) is 4.79 Å². The van der Waals surface area contributed by atoms with E-state index in [9.17, 15) is 4.79 Å². The first-order chi connectivity index (χ1) is 7.99. The van der Waals surface area contributed by atoms with Crippen LogP contribution in [0, 0.1) is 19.8 Å². The second-order valence-corrected chi connectivity index (χ2v) is 4.62. The number of carboxylic acid groups (broad SMARTS) is 1. The van der Waals surface area contributed by atoms with Crippen LogP contribution in [0.4, 0.5) is 0 Å². The number of aryl methyl sites for hydroxylation is 2. The Morgan fingerprint density at radius 2 is 1.94 bits per heavy atom. The highest BCUT2D eigenvalue weighted by Crippen LogP contribution is 2.22. The van der Waals surface area contributed by atoms with Crippen molar-refractivity contribution < 1.29 is 14.3 Å². The average Bonchev–Trinajstić information content (AvgIpc) is 2.63. The van der Waals surface area contributed by atoms with Gasteiger partial charge in [-0.3, -0.25) is 4.79 Å². The molecule has 0 saturated heterocycles. The van der Waals surface area contributed by atoms with Gasteiger partial charge in [0.05, 0.1) is 5.92 Å². The summed E-state index contributed by atoms with van der Waals surface area (Å²) in [5, 5.41) is 8.60. The Hall–Kier alpha value is -1.29. The van der Waals surface area contributed by atoms with E-state index in [1.807, 2.05) is 26.0 Å². The molecule has 0 spiro atoms. The molecule has 1 aliphatic carbocycles. The van der Waals surface area contributed by atoms with Crippen molar-refractivity contribution in [3.8, 4) is 0 Å². The van der Waals surface area contributed by atoms with Gasteiger partial charge in [-0.05, 0) is 45.2 Å². The molecule has 1 aromatic heterocycles. The van der Waals surface area contributed by atoms with E-state index in [0.717, 1.165) is 30.8 Å². The normalized spacial score (nSPS) is 23.7. The minimum Gasteiger partial charge on any atom is -0.481 e. The molecule has 1 saturated carbocycles. The summed E-state index contributed by atoms with van der Waals surface area (Å²) in [7, 11) is 0. The fraction of sp³-hybridized carbons (Fsp3) is 0.615. The second-order valence-electron chi connectivity index (χ2n) is 4.62. The molecule has 1 fully saturated rings. The fourth-order valence-corrected chi connectivity index (χ4v) is 2.01. The Balaban J connectivity index is 0.000000181. The number of carboxylic acids is 1. The van der Waals surface area contributed by atoms with Crippen LogP contribution in [0.1, 0.15) is 37.2 Å². The van der Waals surface area contributed by atoms with E-state index >= 15 is 0 Å². The molecule has 2 unspecified atom stereocenters. The summed E-state index contributed by atoms with van der Waals surface area (Å²) in [5.74, 6) is 1.11. The van der Waals surface area contributed by atoms with Crippen LogP contribution in [0.15, 0.2) is 16.5 Å². The van der Waals surface area contributed by atoms with Gasteiger partial charge in [0, 0.05) is 6.04 Å². The van der Waals surface area contributed by atoms with Crippen LogP contribution in [0.3, 0.4) is 0 Å². The first kappa shape index (κ1) is 13.8. The summed E-state index contributed by atoms with van der Waals surface area (Å²) in [5.41, 5.74) is 5.60. The molecule has 4 heteroatoms. The van der Waals surface area contributed by atoms with Gasteiger partial charge in [-0.2, -0.15) is 0 Å². The highest BCUT2D eigenvalue weighted by molar-refractivity contribution is 5.70. The predicted molar refractivity (Wildman–Crippen MR) is 65.8 cm³/mol. The van der Waals surface area contributed by atoms with Crippen LogP contribution in [0.2, 0.25) is 0 Å². The maximum Gasteiger partial charge on any atom is 0.306 e. The smallest absolute Gasteiger partial charge is 0.306 e. The maximum absolute atomic E-state index is 10.4. The summed E-state index contributed by atoms with van der Waals surface area (Å²) in [6, 6.07) is 4.03. The highest BCUT2D eigenvalue weighted by atomic mass is 16.4. The summed E-state index contributed by atoms with van der Waals surface area (Å²) in [6.45, 7) is 3.88. The van der Waals surface area contributed by atoms with Crippen molar-refractivity contribution in [1.82, 2.24) is 0 Å². The third kappa shape index (κ3) is 5.04. The Morgan fingerprint density at radius 3 is 2.24 bits per heavy atom. The van der Waals surface area contributed by atoms with Gasteiger partial charge >= 0.3 is 5.97 Å². The van der Waals surface area contributed by atoms with Crippen molar-refractivity contribution in [1.29, 1.82) is 0 Å². The molecular formula is C13H21NO3. The molecule has 4 nitrogen and oxygen atoms in total. The Labute approximate surface area is 102 Å². The monoisotopic (exact) mass is 239 g/mol. The Kier molecular flexibility index (Phi) is 5.22. The minimum atomic E-state index is -0.685. The molecule has 96 valence electrons. The lowest BCUT2D eigenvalue weighted by molar-refractivity contribution is -0.142. The summed E-state index contributed by atoms with van der Waals surface area (Å²) in [4.78, 5) is 10.4. The largest absolute Gasteiger partial charge is 0.481 e. The number of hydrogen-bond acceptors (Lipinski definition) is 3. The first-order valence-corrected chi connectivity index (χ1v) is 6.00. The van der Waals surface area contributed by atoms with E-state index in [1.165, 1.54) is 0 Å². The van der Waals surface area contributed by atoms with E-state index in [4.69, 9.17) is 15.3 Å². The molecule has 0 radical (unpaired) electrons. The topological polar surface area (TPSA) is 76.5 Å².